The standard InChI is InChI=1S/C17H16Cl2N2O5/c1-20(2)14-5-3-11(9-15(14)21(23)24)17(22)26-8-7-25-16-6-4-12(18)10-13(16)19/h3-6,9-10H,7-8H2,1-2H3. The molecule has 2 aromatic rings. The number of hydrogen-bond acceptors (Lipinski definition) is 6. The smallest absolute Gasteiger partial charge is 0.338 e. The summed E-state index contributed by atoms with van der Waals surface area (Å²) in [5.74, 6) is -0.262. The monoisotopic (exact) mass is 398 g/mol. The Morgan fingerprint density at radius 1 is 1.15 bits per heavy atom. The van der Waals surface area contributed by atoms with Gasteiger partial charge < -0.3 is 14.4 Å². The van der Waals surface area contributed by atoms with Crippen LogP contribution < -0.4 is 9.64 Å². The fourth-order valence-electron chi connectivity index (χ4n) is 2.14. The van der Waals surface area contributed by atoms with Gasteiger partial charge in [-0.15, -0.1) is 0 Å². The quantitative estimate of drug-likeness (QED) is 0.300. The summed E-state index contributed by atoms with van der Waals surface area (Å²) in [4.78, 5) is 24.3. The Balaban J connectivity index is 1.95. The minimum Gasteiger partial charge on any atom is -0.488 e. The van der Waals surface area contributed by atoms with Crippen LogP contribution in [0.2, 0.25) is 10.0 Å². The summed E-state index contributed by atoms with van der Waals surface area (Å²) in [6.45, 7) is 0.0337. The Morgan fingerprint density at radius 2 is 1.88 bits per heavy atom. The largest absolute Gasteiger partial charge is 0.488 e. The number of benzene rings is 2. The van der Waals surface area contributed by atoms with E-state index in [1.807, 2.05) is 0 Å². The first-order valence-electron chi connectivity index (χ1n) is 7.50. The zero-order chi connectivity index (χ0) is 19.3. The molecule has 0 fully saturated rings. The van der Waals surface area contributed by atoms with Crippen molar-refractivity contribution in [3.05, 3.63) is 62.1 Å². The lowest BCUT2D eigenvalue weighted by molar-refractivity contribution is -0.384. The lowest BCUT2D eigenvalue weighted by atomic mass is 10.1. The molecule has 0 bridgehead atoms. The molecule has 138 valence electrons. The first-order valence-corrected chi connectivity index (χ1v) is 8.26. The highest BCUT2D eigenvalue weighted by molar-refractivity contribution is 6.35. The zero-order valence-electron chi connectivity index (χ0n) is 14.1. The normalized spacial score (nSPS) is 10.3. The second kappa shape index (κ2) is 8.73. The van der Waals surface area contributed by atoms with Crippen LogP contribution in [0.25, 0.3) is 0 Å². The third kappa shape index (κ3) is 5.00. The Hall–Kier alpha value is -2.51. The molecule has 7 nitrogen and oxygen atoms in total. The van der Waals surface area contributed by atoms with Crippen LogP contribution in [0.3, 0.4) is 0 Å². The number of carbonyl (C=O) groups is 1. The predicted octanol–water partition coefficient (Wildman–Crippen LogP) is 4.20. The molecule has 0 aliphatic carbocycles. The molecule has 0 aliphatic heterocycles. The summed E-state index contributed by atoms with van der Waals surface area (Å²) < 4.78 is 10.5. The number of hydrogen-bond donors (Lipinski definition) is 0. The van der Waals surface area contributed by atoms with Gasteiger partial charge >= 0.3 is 5.97 Å². The summed E-state index contributed by atoms with van der Waals surface area (Å²) in [5.41, 5.74) is 0.313. The number of carbonyl (C=O) groups excluding carboxylic acids is 1. The summed E-state index contributed by atoms with van der Waals surface area (Å²) in [5, 5.41) is 12.0. The Kier molecular flexibility index (Phi) is 6.65. The molecule has 2 aromatic carbocycles. The topological polar surface area (TPSA) is 81.9 Å². The summed E-state index contributed by atoms with van der Waals surface area (Å²) in [6.07, 6.45) is 0. The minimum absolute atomic E-state index is 0.0407. The number of anilines is 1. The van der Waals surface area contributed by atoms with E-state index in [0.29, 0.717) is 21.5 Å². The molecule has 9 heteroatoms. The maximum Gasteiger partial charge on any atom is 0.338 e. The number of halogens is 2. The van der Waals surface area contributed by atoms with Crippen molar-refractivity contribution in [1.29, 1.82) is 0 Å². The highest BCUT2D eigenvalue weighted by Gasteiger charge is 2.19. The van der Waals surface area contributed by atoms with Crippen molar-refractivity contribution in [3.8, 4) is 5.75 Å². The van der Waals surface area contributed by atoms with Crippen molar-refractivity contribution in [2.75, 3.05) is 32.2 Å². The van der Waals surface area contributed by atoms with Crippen molar-refractivity contribution in [3.63, 3.8) is 0 Å². The van der Waals surface area contributed by atoms with E-state index >= 15 is 0 Å². The predicted molar refractivity (Wildman–Crippen MR) is 99.7 cm³/mol. The molecule has 0 spiro atoms. The van der Waals surface area contributed by atoms with E-state index in [1.54, 1.807) is 31.1 Å². The van der Waals surface area contributed by atoms with E-state index < -0.39 is 10.9 Å². The van der Waals surface area contributed by atoms with Gasteiger partial charge in [-0.25, -0.2) is 4.79 Å². The van der Waals surface area contributed by atoms with Crippen molar-refractivity contribution in [2.24, 2.45) is 0 Å². The van der Waals surface area contributed by atoms with Gasteiger partial charge in [0.25, 0.3) is 5.69 Å². The highest BCUT2D eigenvalue weighted by Crippen LogP contribution is 2.28. The first kappa shape index (κ1) is 19.8. The molecule has 0 heterocycles. The Labute approximate surface area is 160 Å². The fraction of sp³-hybridized carbons (Fsp3) is 0.235. The second-order valence-electron chi connectivity index (χ2n) is 5.41. The number of esters is 1. The van der Waals surface area contributed by atoms with E-state index in [4.69, 9.17) is 32.7 Å². The number of nitrogens with zero attached hydrogens (tertiary/aromatic N) is 2. The van der Waals surface area contributed by atoms with Crippen molar-refractivity contribution >= 4 is 40.5 Å². The van der Waals surface area contributed by atoms with Gasteiger partial charge in [0.15, 0.2) is 0 Å². The van der Waals surface area contributed by atoms with E-state index in [1.165, 1.54) is 24.3 Å². The number of ether oxygens (including phenoxy) is 2. The summed E-state index contributed by atoms with van der Waals surface area (Å²) in [6, 6.07) is 8.93. The Bertz CT molecular complexity index is 827. The van der Waals surface area contributed by atoms with Gasteiger partial charge in [-0.2, -0.15) is 0 Å². The lowest BCUT2D eigenvalue weighted by Crippen LogP contribution is -2.14. The zero-order valence-corrected chi connectivity index (χ0v) is 15.6. The first-order chi connectivity index (χ1) is 12.3. The van der Waals surface area contributed by atoms with Crippen LogP contribution in [0.1, 0.15) is 10.4 Å². The minimum atomic E-state index is -0.677. The average Bonchev–Trinajstić information content (AvgIpc) is 2.59. The molecular weight excluding hydrogens is 383 g/mol. The molecule has 26 heavy (non-hydrogen) atoms. The van der Waals surface area contributed by atoms with E-state index in [9.17, 15) is 14.9 Å². The van der Waals surface area contributed by atoms with Crippen LogP contribution in [-0.2, 0) is 4.74 Å². The number of nitro benzene ring substituents is 1. The van der Waals surface area contributed by atoms with Crippen LogP contribution in [0.5, 0.6) is 5.75 Å². The van der Waals surface area contributed by atoms with Gasteiger partial charge in [0, 0.05) is 25.2 Å². The average molecular weight is 399 g/mol. The van der Waals surface area contributed by atoms with E-state index in [-0.39, 0.29) is 24.5 Å². The molecule has 0 amide bonds. The summed E-state index contributed by atoms with van der Waals surface area (Å²) in [7, 11) is 3.36. The number of rotatable bonds is 7. The van der Waals surface area contributed by atoms with Crippen LogP contribution in [0.15, 0.2) is 36.4 Å². The third-order valence-electron chi connectivity index (χ3n) is 3.36. The van der Waals surface area contributed by atoms with Gasteiger partial charge in [0.2, 0.25) is 0 Å². The maximum atomic E-state index is 12.1. The molecule has 0 aliphatic rings. The molecule has 2 rings (SSSR count). The van der Waals surface area contributed by atoms with Crippen molar-refractivity contribution < 1.29 is 19.2 Å². The van der Waals surface area contributed by atoms with Gasteiger partial charge in [-0.05, 0) is 30.3 Å². The van der Waals surface area contributed by atoms with E-state index in [0.717, 1.165) is 0 Å². The molecule has 0 N–H and O–H groups in total. The van der Waals surface area contributed by atoms with Crippen LogP contribution >= 0.6 is 23.2 Å². The molecular formula is C17H16Cl2N2O5. The van der Waals surface area contributed by atoms with Gasteiger partial charge in [-0.1, -0.05) is 23.2 Å². The van der Waals surface area contributed by atoms with Crippen LogP contribution in [0.4, 0.5) is 11.4 Å². The van der Waals surface area contributed by atoms with Crippen LogP contribution in [-0.4, -0.2) is 38.2 Å². The number of nitro groups is 1. The second-order valence-corrected chi connectivity index (χ2v) is 6.26. The molecule has 0 unspecified atom stereocenters. The highest BCUT2D eigenvalue weighted by atomic mass is 35.5. The van der Waals surface area contributed by atoms with E-state index in [2.05, 4.69) is 0 Å². The van der Waals surface area contributed by atoms with Crippen molar-refractivity contribution in [2.45, 2.75) is 0 Å². The van der Waals surface area contributed by atoms with Crippen LogP contribution in [0, 0.1) is 10.1 Å². The lowest BCUT2D eigenvalue weighted by Gasteiger charge is -2.13. The van der Waals surface area contributed by atoms with Gasteiger partial charge in [0.05, 0.1) is 15.5 Å². The molecule has 0 atom stereocenters. The van der Waals surface area contributed by atoms with Gasteiger partial charge in [-0.3, -0.25) is 10.1 Å². The molecule has 0 aromatic heterocycles. The fourth-order valence-corrected chi connectivity index (χ4v) is 2.60. The van der Waals surface area contributed by atoms with Gasteiger partial charge in [0.1, 0.15) is 24.7 Å². The SMILES string of the molecule is CN(C)c1ccc(C(=O)OCCOc2ccc(Cl)cc2Cl)cc1[N+](=O)[O-]. The maximum absolute atomic E-state index is 12.1. The molecule has 0 saturated carbocycles. The molecule has 0 saturated heterocycles. The van der Waals surface area contributed by atoms with Crippen molar-refractivity contribution in [1.82, 2.24) is 0 Å². The Morgan fingerprint density at radius 3 is 2.50 bits per heavy atom. The summed E-state index contributed by atoms with van der Waals surface area (Å²) >= 11 is 11.8. The molecule has 0 radical (unpaired) electrons. The third-order valence-corrected chi connectivity index (χ3v) is 3.89.